The Bertz CT molecular complexity index is 917. The first-order chi connectivity index (χ1) is 14.9. The van der Waals surface area contributed by atoms with Gasteiger partial charge in [0.2, 0.25) is 24.0 Å². The molecule has 0 bridgehead atoms. The van der Waals surface area contributed by atoms with Gasteiger partial charge in [-0.05, 0) is 12.1 Å². The van der Waals surface area contributed by atoms with Gasteiger partial charge < -0.3 is 18.9 Å². The van der Waals surface area contributed by atoms with Crippen molar-refractivity contribution in [3.8, 4) is 0 Å². The van der Waals surface area contributed by atoms with E-state index in [9.17, 15) is 0 Å². The van der Waals surface area contributed by atoms with Crippen LogP contribution in [0.5, 0.6) is 0 Å². The van der Waals surface area contributed by atoms with Gasteiger partial charge in [-0.25, -0.2) is 0 Å². The number of ether oxygens (including phenoxy) is 4. The van der Waals surface area contributed by atoms with E-state index >= 15 is 0 Å². The normalized spacial score (nSPS) is 17.6. The highest BCUT2D eigenvalue weighted by Gasteiger charge is 2.29. The van der Waals surface area contributed by atoms with Crippen LogP contribution in [0, 0.1) is 0 Å². The summed E-state index contributed by atoms with van der Waals surface area (Å²) in [6.07, 6.45) is 3.56. The zero-order valence-corrected chi connectivity index (χ0v) is 16.9. The number of hydrogen-bond acceptors (Lipinski definition) is 4. The van der Waals surface area contributed by atoms with Crippen LogP contribution in [0.2, 0.25) is 0 Å². The monoisotopic (exact) mass is 406 g/mol. The van der Waals surface area contributed by atoms with Gasteiger partial charge in [-0.3, -0.25) is 0 Å². The Morgan fingerprint density at radius 1 is 0.567 bits per heavy atom. The van der Waals surface area contributed by atoms with Gasteiger partial charge in [0.05, 0.1) is 26.4 Å². The molecule has 0 spiro atoms. The molecule has 6 heteroatoms. The van der Waals surface area contributed by atoms with Gasteiger partial charge in [-0.2, -0.15) is 9.13 Å². The Labute approximate surface area is 176 Å². The molecule has 0 aliphatic carbocycles. The third kappa shape index (κ3) is 4.13. The molecule has 2 saturated heterocycles. The van der Waals surface area contributed by atoms with Crippen molar-refractivity contribution in [3.63, 3.8) is 0 Å². The minimum atomic E-state index is -0.301. The van der Waals surface area contributed by atoms with Crippen molar-refractivity contribution >= 4 is 0 Å². The van der Waals surface area contributed by atoms with Crippen molar-refractivity contribution in [2.75, 3.05) is 26.4 Å². The summed E-state index contributed by atoms with van der Waals surface area (Å²) in [4.78, 5) is 0. The first-order valence-electron chi connectivity index (χ1n) is 10.4. The van der Waals surface area contributed by atoms with Crippen molar-refractivity contribution in [2.24, 2.45) is 0 Å². The van der Waals surface area contributed by atoms with E-state index in [1.54, 1.807) is 0 Å². The number of rotatable bonds is 6. The SMILES string of the molecule is c1ccc(C[n+]2ccccc2C2OCCO2)c(C[n+]2ccccc2C2OCCO2)c1. The fraction of sp³-hybridized carbons (Fsp3) is 0.333. The number of pyridine rings is 2. The molecule has 1 aromatic carbocycles. The van der Waals surface area contributed by atoms with Crippen molar-refractivity contribution in [1.82, 2.24) is 0 Å². The van der Waals surface area contributed by atoms with Crippen molar-refractivity contribution < 1.29 is 28.1 Å². The standard InChI is InChI=1S/C24H26N2O4/c1-2-8-20(18-26-12-6-4-10-22(26)24-29-15-16-30-24)19(7-1)17-25-11-5-3-9-21(25)23-27-13-14-28-23/h1-12,23-24H,13-18H2/q+2. The van der Waals surface area contributed by atoms with Crippen LogP contribution in [0.25, 0.3) is 0 Å². The summed E-state index contributed by atoms with van der Waals surface area (Å²) in [5, 5.41) is 0. The van der Waals surface area contributed by atoms with Crippen LogP contribution in [0.3, 0.4) is 0 Å². The maximum atomic E-state index is 5.74. The summed E-state index contributed by atoms with van der Waals surface area (Å²) >= 11 is 0. The minimum absolute atomic E-state index is 0.301. The summed E-state index contributed by atoms with van der Waals surface area (Å²) in [5.41, 5.74) is 4.57. The quantitative estimate of drug-likeness (QED) is 0.590. The Morgan fingerprint density at radius 3 is 1.40 bits per heavy atom. The van der Waals surface area contributed by atoms with E-state index in [1.165, 1.54) is 11.1 Å². The average molecular weight is 406 g/mol. The zero-order valence-electron chi connectivity index (χ0n) is 16.9. The van der Waals surface area contributed by atoms with Crippen molar-refractivity contribution in [3.05, 3.63) is 95.6 Å². The van der Waals surface area contributed by atoms with E-state index in [0.717, 1.165) is 24.5 Å². The molecule has 0 amide bonds. The molecule has 5 rings (SSSR count). The molecule has 3 aromatic rings. The number of nitrogens with zero attached hydrogens (tertiary/aromatic N) is 2. The van der Waals surface area contributed by atoms with Gasteiger partial charge >= 0.3 is 0 Å². The molecule has 6 nitrogen and oxygen atoms in total. The predicted molar refractivity (Wildman–Crippen MR) is 107 cm³/mol. The summed E-state index contributed by atoms with van der Waals surface area (Å²) in [5.74, 6) is 0. The summed E-state index contributed by atoms with van der Waals surface area (Å²) < 4.78 is 27.4. The van der Waals surface area contributed by atoms with Gasteiger partial charge in [-0.15, -0.1) is 0 Å². The molecule has 0 radical (unpaired) electrons. The molecule has 2 aliphatic rings. The zero-order chi connectivity index (χ0) is 20.2. The molecule has 0 saturated carbocycles. The first-order valence-corrected chi connectivity index (χ1v) is 10.4. The third-order valence-corrected chi connectivity index (χ3v) is 5.48. The van der Waals surface area contributed by atoms with Crippen LogP contribution in [0.15, 0.2) is 73.1 Å². The van der Waals surface area contributed by atoms with E-state index in [2.05, 4.69) is 57.9 Å². The second-order valence-electron chi connectivity index (χ2n) is 7.42. The summed E-state index contributed by atoms with van der Waals surface area (Å²) in [7, 11) is 0. The van der Waals surface area contributed by atoms with E-state index < -0.39 is 0 Å². The van der Waals surface area contributed by atoms with Crippen LogP contribution >= 0.6 is 0 Å². The summed E-state index contributed by atoms with van der Waals surface area (Å²) in [6, 6.07) is 20.8. The molecule has 0 atom stereocenters. The average Bonchev–Trinajstić information content (AvgIpc) is 3.51. The Hall–Kier alpha value is -2.64. The van der Waals surface area contributed by atoms with Crippen LogP contribution < -0.4 is 9.13 Å². The lowest BCUT2D eigenvalue weighted by Gasteiger charge is -2.12. The van der Waals surface area contributed by atoms with E-state index in [1.807, 2.05) is 24.3 Å². The van der Waals surface area contributed by atoms with E-state index in [4.69, 9.17) is 18.9 Å². The van der Waals surface area contributed by atoms with Crippen molar-refractivity contribution in [2.45, 2.75) is 25.7 Å². The molecule has 2 fully saturated rings. The number of hydrogen-bond donors (Lipinski definition) is 0. The molecule has 0 unspecified atom stereocenters. The van der Waals surface area contributed by atoms with Crippen LogP contribution in [-0.4, -0.2) is 26.4 Å². The fourth-order valence-corrected chi connectivity index (χ4v) is 3.99. The minimum Gasteiger partial charge on any atom is -0.341 e. The van der Waals surface area contributed by atoms with Gasteiger partial charge in [0.15, 0.2) is 25.5 Å². The lowest BCUT2D eigenvalue weighted by Crippen LogP contribution is -2.42. The second-order valence-corrected chi connectivity index (χ2v) is 7.42. The molecule has 30 heavy (non-hydrogen) atoms. The maximum Gasteiger partial charge on any atom is 0.245 e. The lowest BCUT2D eigenvalue weighted by molar-refractivity contribution is -0.706. The van der Waals surface area contributed by atoms with Crippen LogP contribution in [0.1, 0.15) is 35.1 Å². The smallest absolute Gasteiger partial charge is 0.245 e. The first kappa shape index (κ1) is 19.3. The summed E-state index contributed by atoms with van der Waals surface area (Å²) in [6.45, 7) is 4.02. The van der Waals surface area contributed by atoms with E-state index in [-0.39, 0.29) is 12.6 Å². The molecule has 2 aliphatic heterocycles. The second kappa shape index (κ2) is 9.02. The topological polar surface area (TPSA) is 44.7 Å². The predicted octanol–water partition coefficient (Wildman–Crippen LogP) is 2.45. The number of benzene rings is 1. The maximum absolute atomic E-state index is 5.74. The molecular formula is C24H26N2O4+2. The van der Waals surface area contributed by atoms with Crippen LogP contribution in [0.4, 0.5) is 0 Å². The molecule has 2 aromatic heterocycles. The highest BCUT2D eigenvalue weighted by molar-refractivity contribution is 5.25. The van der Waals surface area contributed by atoms with Gasteiger partial charge in [0.1, 0.15) is 0 Å². The highest BCUT2D eigenvalue weighted by Crippen LogP contribution is 2.22. The third-order valence-electron chi connectivity index (χ3n) is 5.48. The Kier molecular flexibility index (Phi) is 5.81. The molecular weight excluding hydrogens is 380 g/mol. The molecule has 0 N–H and O–H groups in total. The lowest BCUT2D eigenvalue weighted by atomic mass is 10.1. The Balaban J connectivity index is 1.43. The van der Waals surface area contributed by atoms with Crippen LogP contribution in [-0.2, 0) is 32.0 Å². The number of aromatic nitrogens is 2. The Morgan fingerprint density at radius 2 is 0.967 bits per heavy atom. The molecule has 154 valence electrons. The van der Waals surface area contributed by atoms with Gasteiger partial charge in [0.25, 0.3) is 0 Å². The van der Waals surface area contributed by atoms with Gasteiger partial charge in [0, 0.05) is 35.4 Å². The van der Waals surface area contributed by atoms with Gasteiger partial charge in [-0.1, -0.05) is 24.3 Å². The van der Waals surface area contributed by atoms with Crippen molar-refractivity contribution in [1.29, 1.82) is 0 Å². The largest absolute Gasteiger partial charge is 0.341 e. The molecule has 4 heterocycles. The highest BCUT2D eigenvalue weighted by atomic mass is 16.7. The fourth-order valence-electron chi connectivity index (χ4n) is 3.99. The van der Waals surface area contributed by atoms with E-state index in [0.29, 0.717) is 26.4 Å².